The predicted molar refractivity (Wildman–Crippen MR) is 47.5 cm³/mol. The first-order valence-electron chi connectivity index (χ1n) is 4.07. The van der Waals surface area contributed by atoms with E-state index in [1.165, 1.54) is 0 Å². The van der Waals surface area contributed by atoms with Gasteiger partial charge in [-0.15, -0.1) is 11.6 Å². The van der Waals surface area contributed by atoms with Gasteiger partial charge in [0.05, 0.1) is 4.87 Å². The number of hydrogen-bond donors (Lipinski definition) is 1. The van der Waals surface area contributed by atoms with Crippen LogP contribution < -0.4 is 5.73 Å². The smallest absolute Gasteiger partial charge is 0.0568 e. The van der Waals surface area contributed by atoms with E-state index in [0.29, 0.717) is 6.54 Å². The largest absolute Gasteiger partial charge is 0.329 e. The van der Waals surface area contributed by atoms with E-state index in [-0.39, 0.29) is 4.87 Å². The third-order valence-electron chi connectivity index (χ3n) is 1.76. The number of hydrogen-bond acceptors (Lipinski definition) is 1. The van der Waals surface area contributed by atoms with Gasteiger partial charge in [0.15, 0.2) is 0 Å². The molecule has 0 atom stereocenters. The number of halogens is 1. The van der Waals surface area contributed by atoms with Gasteiger partial charge in [0.1, 0.15) is 0 Å². The Morgan fingerprint density at radius 1 is 1.20 bits per heavy atom. The van der Waals surface area contributed by atoms with Crippen molar-refractivity contribution in [3.05, 3.63) is 0 Å². The summed E-state index contributed by atoms with van der Waals surface area (Å²) in [5.74, 6) is 0. The van der Waals surface area contributed by atoms with Gasteiger partial charge >= 0.3 is 0 Å². The average molecular weight is 164 g/mol. The van der Waals surface area contributed by atoms with Crippen molar-refractivity contribution in [2.75, 3.05) is 6.54 Å². The van der Waals surface area contributed by atoms with Crippen LogP contribution in [0.1, 0.15) is 39.5 Å². The van der Waals surface area contributed by atoms with E-state index in [2.05, 4.69) is 13.8 Å². The van der Waals surface area contributed by atoms with Crippen molar-refractivity contribution in [3.8, 4) is 0 Å². The van der Waals surface area contributed by atoms with Gasteiger partial charge in [-0.1, -0.05) is 26.7 Å². The molecule has 0 bridgehead atoms. The van der Waals surface area contributed by atoms with Gasteiger partial charge < -0.3 is 5.73 Å². The molecule has 2 heteroatoms. The molecule has 0 aromatic rings. The molecule has 0 radical (unpaired) electrons. The highest BCUT2D eigenvalue weighted by molar-refractivity contribution is 6.24. The number of rotatable bonds is 5. The minimum atomic E-state index is -0.108. The van der Waals surface area contributed by atoms with Crippen LogP contribution in [-0.4, -0.2) is 11.4 Å². The van der Waals surface area contributed by atoms with Gasteiger partial charge in [-0.05, 0) is 12.8 Å². The molecular formula is C8H18ClN. The van der Waals surface area contributed by atoms with Crippen molar-refractivity contribution in [3.63, 3.8) is 0 Å². The molecule has 0 saturated carbocycles. The highest BCUT2D eigenvalue weighted by Gasteiger charge is 2.22. The van der Waals surface area contributed by atoms with Gasteiger partial charge in [0.2, 0.25) is 0 Å². The van der Waals surface area contributed by atoms with Gasteiger partial charge in [0, 0.05) is 6.54 Å². The zero-order valence-electron chi connectivity index (χ0n) is 6.99. The fourth-order valence-corrected chi connectivity index (χ4v) is 1.60. The Bertz CT molecular complexity index is 77.3. The average Bonchev–Trinajstić information content (AvgIpc) is 1.89. The van der Waals surface area contributed by atoms with Gasteiger partial charge in [-0.25, -0.2) is 0 Å². The Labute approximate surface area is 68.9 Å². The lowest BCUT2D eigenvalue weighted by molar-refractivity contribution is 0.487. The zero-order valence-corrected chi connectivity index (χ0v) is 7.75. The second-order valence-electron chi connectivity index (χ2n) is 2.86. The highest BCUT2D eigenvalue weighted by atomic mass is 35.5. The molecule has 62 valence electrons. The molecule has 0 heterocycles. The summed E-state index contributed by atoms with van der Waals surface area (Å²) in [6, 6.07) is 0. The predicted octanol–water partition coefficient (Wildman–Crippen LogP) is 2.52. The lowest BCUT2D eigenvalue weighted by Crippen LogP contribution is -2.31. The molecule has 0 saturated heterocycles. The summed E-state index contributed by atoms with van der Waals surface area (Å²) in [5, 5.41) is 0. The van der Waals surface area contributed by atoms with Gasteiger partial charge in [-0.3, -0.25) is 0 Å². The van der Waals surface area contributed by atoms with E-state index in [1.807, 2.05) is 0 Å². The molecule has 0 rings (SSSR count). The summed E-state index contributed by atoms with van der Waals surface area (Å²) in [6.45, 7) is 4.89. The van der Waals surface area contributed by atoms with Crippen LogP contribution in [0.15, 0.2) is 0 Å². The van der Waals surface area contributed by atoms with E-state index >= 15 is 0 Å². The molecular weight excluding hydrogens is 146 g/mol. The molecule has 0 spiro atoms. The summed E-state index contributed by atoms with van der Waals surface area (Å²) in [4.78, 5) is -0.108. The van der Waals surface area contributed by atoms with Gasteiger partial charge in [0.25, 0.3) is 0 Å². The Kier molecular flexibility index (Phi) is 5.10. The SMILES string of the molecule is CCCC(Cl)(CN)CCC. The third-order valence-corrected chi connectivity index (χ3v) is 2.29. The topological polar surface area (TPSA) is 26.0 Å². The zero-order chi connectivity index (χ0) is 8.04. The van der Waals surface area contributed by atoms with E-state index in [0.717, 1.165) is 25.7 Å². The van der Waals surface area contributed by atoms with E-state index < -0.39 is 0 Å². The Balaban J connectivity index is 3.69. The van der Waals surface area contributed by atoms with E-state index in [4.69, 9.17) is 17.3 Å². The quantitative estimate of drug-likeness (QED) is 0.620. The molecule has 0 unspecified atom stereocenters. The maximum atomic E-state index is 6.20. The molecule has 2 N–H and O–H groups in total. The standard InChI is InChI=1S/C8H18ClN/c1-3-5-8(9,7-10)6-4-2/h3-7,10H2,1-2H3. The molecule has 10 heavy (non-hydrogen) atoms. The summed E-state index contributed by atoms with van der Waals surface area (Å²) in [7, 11) is 0. The summed E-state index contributed by atoms with van der Waals surface area (Å²) >= 11 is 6.20. The van der Waals surface area contributed by atoms with Crippen LogP contribution in [0.25, 0.3) is 0 Å². The fraction of sp³-hybridized carbons (Fsp3) is 1.00. The Morgan fingerprint density at radius 3 is 1.80 bits per heavy atom. The van der Waals surface area contributed by atoms with Crippen molar-refractivity contribution in [2.45, 2.75) is 44.4 Å². The first-order valence-corrected chi connectivity index (χ1v) is 4.45. The first-order chi connectivity index (χ1) is 4.68. The second-order valence-corrected chi connectivity index (χ2v) is 3.66. The molecule has 0 aromatic carbocycles. The minimum absolute atomic E-state index is 0.108. The first kappa shape index (κ1) is 10.2. The van der Waals surface area contributed by atoms with Crippen LogP contribution in [0.4, 0.5) is 0 Å². The minimum Gasteiger partial charge on any atom is -0.329 e. The van der Waals surface area contributed by atoms with Crippen molar-refractivity contribution in [2.24, 2.45) is 5.73 Å². The molecule has 0 amide bonds. The molecule has 0 aliphatic rings. The number of nitrogens with two attached hydrogens (primary N) is 1. The van der Waals surface area contributed by atoms with Crippen LogP contribution in [0.2, 0.25) is 0 Å². The van der Waals surface area contributed by atoms with Crippen molar-refractivity contribution in [1.29, 1.82) is 0 Å². The van der Waals surface area contributed by atoms with Crippen LogP contribution in [0, 0.1) is 0 Å². The third kappa shape index (κ3) is 3.43. The molecule has 1 nitrogen and oxygen atoms in total. The summed E-state index contributed by atoms with van der Waals surface area (Å²) in [6.07, 6.45) is 4.33. The molecule has 0 fully saturated rings. The van der Waals surface area contributed by atoms with Crippen LogP contribution >= 0.6 is 11.6 Å². The fourth-order valence-electron chi connectivity index (χ4n) is 1.23. The lowest BCUT2D eigenvalue weighted by atomic mass is 9.98. The summed E-state index contributed by atoms with van der Waals surface area (Å²) < 4.78 is 0. The maximum absolute atomic E-state index is 6.20. The van der Waals surface area contributed by atoms with Crippen LogP contribution in [-0.2, 0) is 0 Å². The maximum Gasteiger partial charge on any atom is 0.0568 e. The molecule has 0 aliphatic heterocycles. The summed E-state index contributed by atoms with van der Waals surface area (Å²) in [5.41, 5.74) is 5.55. The Morgan fingerprint density at radius 2 is 1.60 bits per heavy atom. The normalized spacial score (nSPS) is 12.0. The highest BCUT2D eigenvalue weighted by Crippen LogP contribution is 2.25. The van der Waals surface area contributed by atoms with Crippen molar-refractivity contribution in [1.82, 2.24) is 0 Å². The van der Waals surface area contributed by atoms with Crippen LogP contribution in [0.5, 0.6) is 0 Å². The van der Waals surface area contributed by atoms with E-state index in [9.17, 15) is 0 Å². The van der Waals surface area contributed by atoms with Crippen molar-refractivity contribution < 1.29 is 0 Å². The molecule has 0 aliphatic carbocycles. The van der Waals surface area contributed by atoms with Crippen LogP contribution in [0.3, 0.4) is 0 Å². The van der Waals surface area contributed by atoms with Crippen molar-refractivity contribution >= 4 is 11.6 Å². The monoisotopic (exact) mass is 163 g/mol. The molecule has 0 aromatic heterocycles. The van der Waals surface area contributed by atoms with E-state index in [1.54, 1.807) is 0 Å². The Hall–Kier alpha value is 0.250. The van der Waals surface area contributed by atoms with Gasteiger partial charge in [-0.2, -0.15) is 0 Å². The second kappa shape index (κ2) is 4.97. The number of alkyl halides is 1. The lowest BCUT2D eigenvalue weighted by Gasteiger charge is -2.23.